The number of carbonyl (C=O) groups excluding carboxylic acids is 1. The number of carboxylic acid groups (broad SMARTS) is 1. The van der Waals surface area contributed by atoms with Gasteiger partial charge in [0.25, 0.3) is 5.91 Å². The topological polar surface area (TPSA) is 82.2 Å². The highest BCUT2D eigenvalue weighted by atomic mass is 35.5. The van der Waals surface area contributed by atoms with E-state index in [9.17, 15) is 14.7 Å². The summed E-state index contributed by atoms with van der Waals surface area (Å²) >= 11 is 5.97. The van der Waals surface area contributed by atoms with Gasteiger partial charge in [-0.15, -0.1) is 0 Å². The molecule has 2 aromatic carbocycles. The van der Waals surface area contributed by atoms with Crippen LogP contribution in [0.2, 0.25) is 5.02 Å². The lowest BCUT2D eigenvalue weighted by molar-refractivity contribution is -0.142. The number of fused-ring (bicyclic) bond motifs is 1. The zero-order valence-corrected chi connectivity index (χ0v) is 14.2. The van der Waals surface area contributed by atoms with Crippen molar-refractivity contribution in [3.05, 3.63) is 70.9 Å². The van der Waals surface area contributed by atoms with Crippen molar-refractivity contribution in [2.45, 2.75) is 13.0 Å². The summed E-state index contributed by atoms with van der Waals surface area (Å²) in [6.07, 6.45) is 0. The van der Waals surface area contributed by atoms with E-state index in [1.807, 2.05) is 18.2 Å². The number of rotatable bonds is 5. The van der Waals surface area contributed by atoms with Crippen molar-refractivity contribution in [2.75, 3.05) is 0 Å². The predicted molar refractivity (Wildman–Crippen MR) is 96.8 cm³/mol. The molecule has 0 fully saturated rings. The van der Waals surface area contributed by atoms with Gasteiger partial charge >= 0.3 is 5.97 Å². The smallest absolute Gasteiger partial charge is 0.308 e. The molecule has 1 heterocycles. The number of aromatic amines is 1. The van der Waals surface area contributed by atoms with Gasteiger partial charge in [-0.2, -0.15) is 0 Å². The molecule has 6 heteroatoms. The molecule has 0 spiro atoms. The van der Waals surface area contributed by atoms with E-state index < -0.39 is 17.9 Å². The Kier molecular flexibility index (Phi) is 4.76. The first-order valence-corrected chi connectivity index (χ1v) is 8.20. The van der Waals surface area contributed by atoms with Gasteiger partial charge in [-0.05, 0) is 36.8 Å². The predicted octanol–water partition coefficient (Wildman–Crippen LogP) is 4.01. The highest BCUT2D eigenvalue weighted by molar-refractivity contribution is 6.31. The van der Waals surface area contributed by atoms with Crippen LogP contribution in [0.25, 0.3) is 10.9 Å². The van der Waals surface area contributed by atoms with E-state index >= 15 is 0 Å². The molecule has 1 aromatic heterocycles. The fourth-order valence-corrected chi connectivity index (χ4v) is 2.93. The third-order valence-electron chi connectivity index (χ3n) is 4.16. The van der Waals surface area contributed by atoms with Crippen LogP contribution in [0.3, 0.4) is 0 Å². The molecular weight excluding hydrogens is 340 g/mol. The number of amides is 1. The largest absolute Gasteiger partial charge is 0.481 e. The van der Waals surface area contributed by atoms with E-state index in [-0.39, 0.29) is 5.91 Å². The van der Waals surface area contributed by atoms with Crippen LogP contribution in [0.15, 0.2) is 54.6 Å². The minimum Gasteiger partial charge on any atom is -0.481 e. The Labute approximate surface area is 149 Å². The summed E-state index contributed by atoms with van der Waals surface area (Å²) in [5, 5.41) is 13.6. The second-order valence-electron chi connectivity index (χ2n) is 5.90. The highest BCUT2D eigenvalue weighted by Gasteiger charge is 2.27. The quantitative estimate of drug-likeness (QED) is 0.646. The monoisotopic (exact) mass is 356 g/mol. The van der Waals surface area contributed by atoms with Gasteiger partial charge in [0.05, 0.1) is 12.0 Å². The number of hydrogen-bond acceptors (Lipinski definition) is 2. The SMILES string of the molecule is C[C@@H](C(=O)O)[C@H](NC(=O)c1cc2cc(Cl)ccc2[nH]1)c1ccccc1. The zero-order valence-electron chi connectivity index (χ0n) is 13.5. The lowest BCUT2D eigenvalue weighted by Gasteiger charge is -2.22. The molecule has 0 saturated carbocycles. The van der Waals surface area contributed by atoms with Crippen molar-refractivity contribution >= 4 is 34.4 Å². The molecule has 0 unspecified atom stereocenters. The van der Waals surface area contributed by atoms with Crippen LogP contribution >= 0.6 is 11.6 Å². The number of carbonyl (C=O) groups is 2. The Morgan fingerprint density at radius 1 is 1.12 bits per heavy atom. The molecule has 128 valence electrons. The number of halogens is 1. The normalized spacial score (nSPS) is 13.4. The fraction of sp³-hybridized carbons (Fsp3) is 0.158. The molecule has 3 rings (SSSR count). The third kappa shape index (κ3) is 3.67. The molecule has 25 heavy (non-hydrogen) atoms. The Bertz CT molecular complexity index is 921. The van der Waals surface area contributed by atoms with Crippen LogP contribution in [-0.2, 0) is 4.79 Å². The van der Waals surface area contributed by atoms with E-state index in [0.717, 1.165) is 16.5 Å². The van der Waals surface area contributed by atoms with Crippen molar-refractivity contribution in [2.24, 2.45) is 5.92 Å². The molecule has 1 amide bonds. The summed E-state index contributed by atoms with van der Waals surface area (Å²) in [6, 6.07) is 15.4. The number of benzene rings is 2. The van der Waals surface area contributed by atoms with Crippen molar-refractivity contribution in [3.63, 3.8) is 0 Å². The summed E-state index contributed by atoms with van der Waals surface area (Å²) < 4.78 is 0. The highest BCUT2D eigenvalue weighted by Crippen LogP contribution is 2.24. The van der Waals surface area contributed by atoms with Crippen molar-refractivity contribution < 1.29 is 14.7 Å². The van der Waals surface area contributed by atoms with E-state index in [1.54, 1.807) is 43.3 Å². The first kappa shape index (κ1) is 17.0. The van der Waals surface area contributed by atoms with Gasteiger partial charge in [0.2, 0.25) is 0 Å². The molecule has 5 nitrogen and oxygen atoms in total. The lowest BCUT2D eigenvalue weighted by Crippen LogP contribution is -2.35. The lowest BCUT2D eigenvalue weighted by atomic mass is 9.94. The summed E-state index contributed by atoms with van der Waals surface area (Å²) in [4.78, 5) is 27.1. The number of H-pyrrole nitrogens is 1. The van der Waals surface area contributed by atoms with Crippen LogP contribution in [-0.4, -0.2) is 22.0 Å². The standard InChI is InChI=1S/C19H17ClN2O3/c1-11(19(24)25)17(12-5-3-2-4-6-12)22-18(23)16-10-13-9-14(20)7-8-15(13)21-16/h2-11,17,21H,1H3,(H,22,23)(H,24,25)/t11-,17+/m1/s1. The summed E-state index contributed by atoms with van der Waals surface area (Å²) in [6.45, 7) is 1.57. The minimum atomic E-state index is -0.974. The molecule has 0 bridgehead atoms. The van der Waals surface area contributed by atoms with E-state index in [0.29, 0.717) is 10.7 Å². The van der Waals surface area contributed by atoms with Crippen LogP contribution in [0.4, 0.5) is 0 Å². The maximum Gasteiger partial charge on any atom is 0.308 e. The Hall–Kier alpha value is -2.79. The van der Waals surface area contributed by atoms with Gasteiger partial charge < -0.3 is 15.4 Å². The fourth-order valence-electron chi connectivity index (χ4n) is 2.74. The van der Waals surface area contributed by atoms with Crippen molar-refractivity contribution in [1.82, 2.24) is 10.3 Å². The van der Waals surface area contributed by atoms with Gasteiger partial charge in [-0.1, -0.05) is 41.9 Å². The molecule has 0 radical (unpaired) electrons. The van der Waals surface area contributed by atoms with Crippen LogP contribution in [0.5, 0.6) is 0 Å². The average Bonchev–Trinajstić information content (AvgIpc) is 3.02. The Balaban J connectivity index is 1.89. The summed E-state index contributed by atoms with van der Waals surface area (Å²) in [5.74, 6) is -2.11. The van der Waals surface area contributed by atoms with Crippen LogP contribution in [0.1, 0.15) is 29.0 Å². The van der Waals surface area contributed by atoms with Gasteiger partial charge in [0.15, 0.2) is 0 Å². The first-order valence-electron chi connectivity index (χ1n) is 7.82. The molecule has 0 aliphatic rings. The number of carboxylic acids is 1. The van der Waals surface area contributed by atoms with E-state index in [2.05, 4.69) is 10.3 Å². The molecule has 0 aliphatic heterocycles. The Morgan fingerprint density at radius 3 is 2.52 bits per heavy atom. The Morgan fingerprint density at radius 2 is 1.84 bits per heavy atom. The van der Waals surface area contributed by atoms with Crippen molar-refractivity contribution in [3.8, 4) is 0 Å². The van der Waals surface area contributed by atoms with Crippen molar-refractivity contribution in [1.29, 1.82) is 0 Å². The van der Waals surface area contributed by atoms with Crippen LogP contribution in [0, 0.1) is 5.92 Å². The average molecular weight is 357 g/mol. The van der Waals surface area contributed by atoms with E-state index in [4.69, 9.17) is 11.6 Å². The molecule has 0 saturated heterocycles. The van der Waals surface area contributed by atoms with Gasteiger partial charge in [0, 0.05) is 15.9 Å². The number of aliphatic carboxylic acids is 1. The molecule has 2 atom stereocenters. The molecule has 0 aliphatic carbocycles. The number of hydrogen-bond donors (Lipinski definition) is 3. The second-order valence-corrected chi connectivity index (χ2v) is 6.34. The number of nitrogens with one attached hydrogen (secondary N) is 2. The minimum absolute atomic E-state index is 0.357. The molecule has 3 N–H and O–H groups in total. The third-order valence-corrected chi connectivity index (χ3v) is 4.40. The van der Waals surface area contributed by atoms with Gasteiger partial charge in [-0.25, -0.2) is 0 Å². The van der Waals surface area contributed by atoms with Gasteiger partial charge in [-0.3, -0.25) is 9.59 Å². The second kappa shape index (κ2) is 6.99. The van der Waals surface area contributed by atoms with Gasteiger partial charge in [0.1, 0.15) is 5.69 Å². The zero-order chi connectivity index (χ0) is 18.0. The summed E-state index contributed by atoms with van der Waals surface area (Å²) in [7, 11) is 0. The van der Waals surface area contributed by atoms with E-state index in [1.165, 1.54) is 0 Å². The molecular formula is C19H17ClN2O3. The maximum absolute atomic E-state index is 12.6. The first-order chi connectivity index (χ1) is 12.0. The van der Waals surface area contributed by atoms with Crippen LogP contribution < -0.4 is 5.32 Å². The summed E-state index contributed by atoms with van der Waals surface area (Å²) in [5.41, 5.74) is 1.89. The molecule has 3 aromatic rings. The maximum atomic E-state index is 12.6. The number of aromatic nitrogens is 1.